The number of nitrogens with one attached hydrogen (secondary N) is 3. The van der Waals surface area contributed by atoms with Crippen LogP contribution in [0.4, 0.5) is 14.9 Å². The van der Waals surface area contributed by atoms with E-state index in [1.165, 1.54) is 11.2 Å². The quantitative estimate of drug-likeness (QED) is 0.0930. The average molecular weight is 555 g/mol. The minimum Gasteiger partial charge on any atom is -0.481 e. The first kappa shape index (κ1) is 32.6. The first-order valence-corrected chi connectivity index (χ1v) is 12.1. The number of rotatable bonds is 18. The standard InChI is InChI=1S/C24H35FN6O8/c25-11-1-3-16(26)14-31(27)12-2-4-20(32)28-17-7-5-15(6-8-17)13-19(23(37)38)30-24(39)29-18(22(35)36)9-10-21(33)34/h5-8,14,18-19H,1-4,9-13,26-27H2,(H,28,32)(H,33,34)(H,35,36)(H,37,38)(H2,29,30,39)/b16-14-/t18?,19-/m0/s1. The van der Waals surface area contributed by atoms with Gasteiger partial charge in [-0.15, -0.1) is 0 Å². The maximum Gasteiger partial charge on any atom is 0.326 e. The summed E-state index contributed by atoms with van der Waals surface area (Å²) in [5.41, 5.74) is 7.14. The highest BCUT2D eigenvalue weighted by atomic mass is 19.1. The molecule has 0 aliphatic heterocycles. The maximum absolute atomic E-state index is 12.2. The summed E-state index contributed by atoms with van der Waals surface area (Å²) in [6.45, 7) is -0.117. The van der Waals surface area contributed by atoms with Gasteiger partial charge in [0, 0.05) is 43.4 Å². The van der Waals surface area contributed by atoms with Crippen LogP contribution in [0.5, 0.6) is 0 Å². The van der Waals surface area contributed by atoms with Gasteiger partial charge in [-0.3, -0.25) is 14.0 Å². The molecule has 0 bridgehead atoms. The Morgan fingerprint density at radius 2 is 1.54 bits per heavy atom. The summed E-state index contributed by atoms with van der Waals surface area (Å²) in [6, 6.07) is 2.25. The lowest BCUT2D eigenvalue weighted by Gasteiger charge is -2.18. The molecule has 0 saturated carbocycles. The zero-order valence-corrected chi connectivity index (χ0v) is 21.3. The van der Waals surface area contributed by atoms with Gasteiger partial charge in [0.15, 0.2) is 0 Å². The Morgan fingerprint density at radius 3 is 2.10 bits per heavy atom. The third-order valence-electron chi connectivity index (χ3n) is 5.28. The number of allylic oxidation sites excluding steroid dienone is 1. The van der Waals surface area contributed by atoms with Crippen molar-refractivity contribution in [1.82, 2.24) is 15.6 Å². The van der Waals surface area contributed by atoms with Crippen LogP contribution in [-0.2, 0) is 25.6 Å². The minimum atomic E-state index is -1.51. The molecule has 0 aromatic heterocycles. The number of nitrogens with zero attached hydrogens (tertiary/aromatic N) is 1. The molecule has 39 heavy (non-hydrogen) atoms. The summed E-state index contributed by atoms with van der Waals surface area (Å²) in [7, 11) is 0. The Bertz CT molecular complexity index is 1020. The minimum absolute atomic E-state index is 0.141. The summed E-state index contributed by atoms with van der Waals surface area (Å²) >= 11 is 0. The van der Waals surface area contributed by atoms with Crippen LogP contribution < -0.4 is 27.5 Å². The van der Waals surface area contributed by atoms with Crippen molar-refractivity contribution >= 4 is 35.5 Å². The fraction of sp³-hybridized carbons (Fsp3) is 0.458. The van der Waals surface area contributed by atoms with Crippen LogP contribution in [0.2, 0.25) is 0 Å². The van der Waals surface area contributed by atoms with Crippen molar-refractivity contribution in [3.8, 4) is 0 Å². The molecular weight excluding hydrogens is 519 g/mol. The second-order valence-corrected chi connectivity index (χ2v) is 8.62. The summed E-state index contributed by atoms with van der Waals surface area (Å²) in [4.78, 5) is 57.8. The molecule has 1 aromatic rings. The lowest BCUT2D eigenvalue weighted by molar-refractivity contribution is -0.140. The molecule has 1 rings (SSSR count). The number of carboxylic acids is 3. The second kappa shape index (κ2) is 17.2. The Balaban J connectivity index is 2.57. The predicted octanol–water partition coefficient (Wildman–Crippen LogP) is 0.744. The number of hydrogen-bond donors (Lipinski definition) is 8. The summed E-state index contributed by atoms with van der Waals surface area (Å²) in [6.07, 6.45) is 1.78. The lowest BCUT2D eigenvalue weighted by Crippen LogP contribution is -2.51. The van der Waals surface area contributed by atoms with Gasteiger partial charge in [0.1, 0.15) is 12.1 Å². The monoisotopic (exact) mass is 554 g/mol. The fourth-order valence-electron chi connectivity index (χ4n) is 3.30. The van der Waals surface area contributed by atoms with Crippen LogP contribution in [0.1, 0.15) is 44.1 Å². The largest absolute Gasteiger partial charge is 0.481 e. The van der Waals surface area contributed by atoms with Crippen LogP contribution in [0.25, 0.3) is 0 Å². The van der Waals surface area contributed by atoms with Crippen molar-refractivity contribution in [3.05, 3.63) is 41.7 Å². The van der Waals surface area contributed by atoms with E-state index in [1.54, 1.807) is 24.3 Å². The van der Waals surface area contributed by atoms with Gasteiger partial charge in [-0.05, 0) is 43.4 Å². The third-order valence-corrected chi connectivity index (χ3v) is 5.28. The molecule has 1 unspecified atom stereocenters. The Morgan fingerprint density at radius 1 is 0.923 bits per heavy atom. The van der Waals surface area contributed by atoms with Gasteiger partial charge in [0.25, 0.3) is 0 Å². The Labute approximate surface area is 224 Å². The number of urea groups is 1. The average Bonchev–Trinajstić information content (AvgIpc) is 2.85. The molecule has 0 saturated heterocycles. The smallest absolute Gasteiger partial charge is 0.326 e. The highest BCUT2D eigenvalue weighted by molar-refractivity contribution is 5.90. The number of anilines is 1. The van der Waals surface area contributed by atoms with Crippen LogP contribution in [0.3, 0.4) is 0 Å². The number of carbonyl (C=O) groups is 5. The van der Waals surface area contributed by atoms with Crippen LogP contribution in [0, 0.1) is 0 Å². The van der Waals surface area contributed by atoms with Crippen molar-refractivity contribution in [2.75, 3.05) is 18.5 Å². The molecule has 2 atom stereocenters. The van der Waals surface area contributed by atoms with Gasteiger partial charge in [-0.1, -0.05) is 12.1 Å². The van der Waals surface area contributed by atoms with Crippen LogP contribution in [0.15, 0.2) is 36.2 Å². The number of nitrogens with two attached hydrogens (primary N) is 2. The van der Waals surface area contributed by atoms with Gasteiger partial charge in [0.05, 0.1) is 6.67 Å². The van der Waals surface area contributed by atoms with Gasteiger partial charge in [-0.2, -0.15) is 0 Å². The number of carbonyl (C=O) groups excluding carboxylic acids is 2. The molecular formula is C24H35FN6O8. The number of benzene rings is 1. The highest BCUT2D eigenvalue weighted by Crippen LogP contribution is 2.12. The van der Waals surface area contributed by atoms with Crippen molar-refractivity contribution in [1.29, 1.82) is 0 Å². The third kappa shape index (κ3) is 14.2. The number of carboxylic acid groups (broad SMARTS) is 3. The van der Waals surface area contributed by atoms with Gasteiger partial charge in [-0.25, -0.2) is 20.2 Å². The van der Waals surface area contributed by atoms with E-state index in [4.69, 9.17) is 21.8 Å². The molecule has 1 aromatic carbocycles. The van der Waals surface area contributed by atoms with Crippen molar-refractivity contribution in [3.63, 3.8) is 0 Å². The maximum atomic E-state index is 12.2. The van der Waals surface area contributed by atoms with Crippen molar-refractivity contribution in [2.45, 2.75) is 57.0 Å². The molecule has 0 aliphatic carbocycles. The molecule has 15 heteroatoms. The van der Waals surface area contributed by atoms with Crippen LogP contribution >= 0.6 is 0 Å². The zero-order valence-electron chi connectivity index (χ0n) is 21.3. The van der Waals surface area contributed by atoms with Gasteiger partial charge in [0.2, 0.25) is 5.91 Å². The predicted molar refractivity (Wildman–Crippen MR) is 138 cm³/mol. The van der Waals surface area contributed by atoms with E-state index < -0.39 is 49.1 Å². The molecule has 0 radical (unpaired) electrons. The Kier molecular flexibility index (Phi) is 14.4. The molecule has 14 nitrogen and oxygen atoms in total. The molecule has 0 aliphatic rings. The van der Waals surface area contributed by atoms with E-state index >= 15 is 0 Å². The number of halogens is 1. The van der Waals surface area contributed by atoms with Gasteiger partial charge < -0.3 is 42.0 Å². The first-order valence-electron chi connectivity index (χ1n) is 12.1. The molecule has 3 amide bonds. The van der Waals surface area contributed by atoms with E-state index in [9.17, 15) is 33.5 Å². The van der Waals surface area contributed by atoms with E-state index in [1.807, 2.05) is 0 Å². The Hall–Kier alpha value is -4.40. The number of aliphatic carboxylic acids is 3. The SMILES string of the molecule is N/C(=C\N(N)CCCC(=O)Nc1ccc(C[C@H](NC(=O)NC(CCC(=O)O)C(=O)O)C(=O)O)cc1)CCCF. The second-order valence-electron chi connectivity index (χ2n) is 8.62. The number of hydrazine groups is 1. The number of amides is 3. The zero-order chi connectivity index (χ0) is 29.4. The molecule has 10 N–H and O–H groups in total. The van der Waals surface area contributed by atoms with E-state index in [0.717, 1.165) is 0 Å². The number of alkyl halides is 1. The van der Waals surface area contributed by atoms with E-state index in [0.29, 0.717) is 42.8 Å². The topological polar surface area (TPSA) is 237 Å². The van der Waals surface area contributed by atoms with Gasteiger partial charge >= 0.3 is 23.9 Å². The molecule has 0 spiro atoms. The number of hydrogen-bond acceptors (Lipinski definition) is 8. The fourth-order valence-corrected chi connectivity index (χ4v) is 3.30. The molecule has 0 fully saturated rings. The highest BCUT2D eigenvalue weighted by Gasteiger charge is 2.25. The summed E-state index contributed by atoms with van der Waals surface area (Å²) in [5, 5.41) is 35.5. The van der Waals surface area contributed by atoms with E-state index in [-0.39, 0.29) is 25.2 Å². The van der Waals surface area contributed by atoms with E-state index in [2.05, 4.69) is 16.0 Å². The first-order chi connectivity index (χ1) is 18.4. The van der Waals surface area contributed by atoms with Crippen LogP contribution in [-0.4, -0.2) is 75.5 Å². The normalized spacial score (nSPS) is 12.6. The summed E-state index contributed by atoms with van der Waals surface area (Å²) in [5.74, 6) is 1.45. The van der Waals surface area contributed by atoms with Crippen molar-refractivity contribution in [2.24, 2.45) is 11.6 Å². The molecule has 216 valence electrons. The van der Waals surface area contributed by atoms with Crippen molar-refractivity contribution < 1.29 is 43.7 Å². The lowest BCUT2D eigenvalue weighted by atomic mass is 10.1. The molecule has 0 heterocycles. The summed E-state index contributed by atoms with van der Waals surface area (Å²) < 4.78 is 12.2.